The molecule has 1 saturated heterocycles. The number of β-amino-alcohol motifs (C(OH)–C–C–N with tert-alkyl or cyclic N) is 1. The second kappa shape index (κ2) is 7.56. The number of anilines is 1. The second-order valence-electron chi connectivity index (χ2n) is 8.07. The van der Waals surface area contributed by atoms with Crippen molar-refractivity contribution in [2.75, 3.05) is 32.0 Å². The van der Waals surface area contributed by atoms with E-state index >= 15 is 0 Å². The highest BCUT2D eigenvalue weighted by Gasteiger charge is 2.41. The van der Waals surface area contributed by atoms with Crippen molar-refractivity contribution in [3.63, 3.8) is 0 Å². The molecule has 2 heterocycles. The molecule has 1 atom stereocenters. The van der Waals surface area contributed by atoms with Gasteiger partial charge in [-0.1, -0.05) is 22.9 Å². The number of nitrogens with two attached hydrogens (primary N) is 1. The highest BCUT2D eigenvalue weighted by molar-refractivity contribution is 6.15. The lowest BCUT2D eigenvalue weighted by molar-refractivity contribution is 0.0486. The summed E-state index contributed by atoms with van der Waals surface area (Å²) in [5, 5.41) is 13.5. The van der Waals surface area contributed by atoms with Gasteiger partial charge < -0.3 is 25.3 Å². The van der Waals surface area contributed by atoms with Crippen LogP contribution in [0.5, 0.6) is 0 Å². The topological polar surface area (TPSA) is 123 Å². The summed E-state index contributed by atoms with van der Waals surface area (Å²) in [5.74, 6) is 0.410. The minimum absolute atomic E-state index is 0.113. The summed E-state index contributed by atoms with van der Waals surface area (Å²) in [5.41, 5.74) is 10.9. The fraction of sp³-hybridized carbons (Fsp3) is 0.429. The number of hydrogen-bond donors (Lipinski definition) is 2. The number of aryl methyl sites for hydroxylation is 1. The number of nitrogen functional groups attached to an aromatic ring is 1. The molecule has 1 aromatic heterocycles. The van der Waals surface area contributed by atoms with Gasteiger partial charge in [-0.25, -0.2) is 14.8 Å². The van der Waals surface area contributed by atoms with Crippen molar-refractivity contribution >= 4 is 17.6 Å². The summed E-state index contributed by atoms with van der Waals surface area (Å²) >= 11 is 0. The van der Waals surface area contributed by atoms with Crippen LogP contribution >= 0.6 is 0 Å². The average Bonchev–Trinajstić information content (AvgIpc) is 3.03. The Hall–Kier alpha value is -3.20. The quantitative estimate of drug-likeness (QED) is 0.720. The van der Waals surface area contributed by atoms with Crippen molar-refractivity contribution in [2.45, 2.75) is 32.3 Å². The zero-order valence-electron chi connectivity index (χ0n) is 17.3. The number of aromatic nitrogens is 2. The van der Waals surface area contributed by atoms with E-state index in [4.69, 9.17) is 20.4 Å². The molecular formula is C21H25N5O4. The Morgan fingerprint density at radius 1 is 1.37 bits per heavy atom. The summed E-state index contributed by atoms with van der Waals surface area (Å²) < 4.78 is 5.27. The number of benzene rings is 1. The van der Waals surface area contributed by atoms with E-state index < -0.39 is 17.6 Å². The average molecular weight is 411 g/mol. The number of nitrogens with zero attached hydrogens (tertiary/aromatic N) is 4. The second-order valence-corrected chi connectivity index (χ2v) is 8.07. The van der Waals surface area contributed by atoms with Crippen molar-refractivity contribution in [1.82, 2.24) is 14.9 Å². The van der Waals surface area contributed by atoms with E-state index in [1.54, 1.807) is 0 Å². The summed E-state index contributed by atoms with van der Waals surface area (Å²) in [6.45, 7) is 6.63. The first-order valence-corrected chi connectivity index (χ1v) is 9.82. The van der Waals surface area contributed by atoms with Crippen LogP contribution in [-0.2, 0) is 15.0 Å². The predicted molar refractivity (Wildman–Crippen MR) is 111 cm³/mol. The fourth-order valence-corrected chi connectivity index (χ4v) is 4.05. The third-order valence-electron chi connectivity index (χ3n) is 5.51. The third-order valence-corrected chi connectivity index (χ3v) is 5.51. The van der Waals surface area contributed by atoms with Gasteiger partial charge in [-0.3, -0.25) is 0 Å². The maximum atomic E-state index is 11.8. The first kappa shape index (κ1) is 20.1. The number of ether oxygens (including phenoxy) is 1. The van der Waals surface area contributed by atoms with Crippen molar-refractivity contribution < 1.29 is 19.5 Å². The molecule has 1 aliphatic carbocycles. The minimum atomic E-state index is -0.587. The summed E-state index contributed by atoms with van der Waals surface area (Å²) in [4.78, 5) is 27.6. The molecule has 9 nitrogen and oxygen atoms in total. The highest BCUT2D eigenvalue weighted by atomic mass is 16.7. The summed E-state index contributed by atoms with van der Waals surface area (Å²) in [6.07, 6.45) is 0.569. The van der Waals surface area contributed by atoms with Crippen LogP contribution in [0.15, 0.2) is 29.7 Å². The molecule has 3 N–H and O–H groups in total. The molecule has 1 aromatic carbocycles. The Labute approximate surface area is 174 Å². The number of hydrogen-bond acceptors (Lipinski definition) is 8. The standard InChI is InChI=1S/C21H25N5O4/c1-12-4-5-14-15(8-12)18(21(2,3)16-17(14)23-11-24-19(16)22)25-29-10-13-9-26(6-7-27)20(28)30-13/h4-5,8,11,13,27H,6-7,9-10H2,1-3H3,(H2,22,23,24)/b25-18+/t13-/m0/s1. The number of aliphatic hydroxyl groups excluding tert-OH is 1. The number of carbonyl (C=O) groups excluding carboxylic acids is 1. The molecule has 0 radical (unpaired) electrons. The fourth-order valence-electron chi connectivity index (χ4n) is 4.05. The molecule has 2 aromatic rings. The lowest BCUT2D eigenvalue weighted by Gasteiger charge is -2.34. The van der Waals surface area contributed by atoms with Gasteiger partial charge in [0.05, 0.1) is 24.6 Å². The third kappa shape index (κ3) is 3.35. The molecule has 0 spiro atoms. The molecule has 0 unspecified atom stereocenters. The van der Waals surface area contributed by atoms with Crippen molar-refractivity contribution in [1.29, 1.82) is 0 Å². The largest absolute Gasteiger partial charge is 0.440 e. The summed E-state index contributed by atoms with van der Waals surface area (Å²) in [6, 6.07) is 6.08. The van der Waals surface area contributed by atoms with E-state index in [-0.39, 0.29) is 19.8 Å². The van der Waals surface area contributed by atoms with Crippen LogP contribution < -0.4 is 5.73 Å². The number of amides is 1. The molecule has 30 heavy (non-hydrogen) atoms. The normalized spacial score (nSPS) is 20.7. The monoisotopic (exact) mass is 411 g/mol. The van der Waals surface area contributed by atoms with E-state index in [9.17, 15) is 4.79 Å². The number of oxime groups is 1. The molecule has 9 heteroatoms. The van der Waals surface area contributed by atoms with Gasteiger partial charge in [0, 0.05) is 28.7 Å². The van der Waals surface area contributed by atoms with Crippen molar-refractivity contribution in [3.05, 3.63) is 41.2 Å². The van der Waals surface area contributed by atoms with Crippen LogP contribution in [0.1, 0.15) is 30.5 Å². The predicted octanol–water partition coefficient (Wildman–Crippen LogP) is 1.86. The van der Waals surface area contributed by atoms with Gasteiger partial charge >= 0.3 is 6.09 Å². The van der Waals surface area contributed by atoms with Gasteiger partial charge in [0.1, 0.15) is 12.1 Å². The molecule has 0 saturated carbocycles. The molecule has 4 rings (SSSR count). The van der Waals surface area contributed by atoms with Gasteiger partial charge in [-0.05, 0) is 26.8 Å². The zero-order chi connectivity index (χ0) is 21.5. The SMILES string of the molecule is Cc1ccc2c(c1)/C(=N\OC[C@@H]1CN(CCO)C(=O)O1)C(C)(C)c1c(N)ncnc1-2. The van der Waals surface area contributed by atoms with Crippen LogP contribution in [0, 0.1) is 6.92 Å². The number of fused-ring (bicyclic) bond motifs is 3. The number of rotatable bonds is 5. The maximum absolute atomic E-state index is 11.8. The van der Waals surface area contributed by atoms with Crippen LogP contribution in [0.3, 0.4) is 0 Å². The van der Waals surface area contributed by atoms with Crippen LogP contribution in [0.25, 0.3) is 11.3 Å². The molecule has 1 aliphatic heterocycles. The van der Waals surface area contributed by atoms with Gasteiger partial charge in [0.2, 0.25) is 0 Å². The first-order chi connectivity index (χ1) is 14.3. The zero-order valence-corrected chi connectivity index (χ0v) is 17.3. The molecule has 1 fully saturated rings. The molecule has 158 valence electrons. The van der Waals surface area contributed by atoms with Gasteiger partial charge in [0.15, 0.2) is 12.7 Å². The molecule has 2 aliphatic rings. The lowest BCUT2D eigenvalue weighted by Crippen LogP contribution is -2.36. The smallest absolute Gasteiger partial charge is 0.410 e. The van der Waals surface area contributed by atoms with E-state index in [1.807, 2.05) is 32.9 Å². The van der Waals surface area contributed by atoms with Crippen molar-refractivity contribution in [2.24, 2.45) is 5.16 Å². The molecular weight excluding hydrogens is 386 g/mol. The van der Waals surface area contributed by atoms with Gasteiger partial charge in [-0.15, -0.1) is 0 Å². The Morgan fingerprint density at radius 3 is 2.93 bits per heavy atom. The van der Waals surface area contributed by atoms with Crippen LogP contribution in [-0.4, -0.2) is 64.2 Å². The van der Waals surface area contributed by atoms with E-state index in [0.29, 0.717) is 18.1 Å². The lowest BCUT2D eigenvalue weighted by atomic mass is 9.70. The Bertz CT molecular complexity index is 1020. The van der Waals surface area contributed by atoms with E-state index in [0.717, 1.165) is 27.9 Å². The molecule has 0 bridgehead atoms. The van der Waals surface area contributed by atoms with E-state index in [1.165, 1.54) is 11.2 Å². The Balaban J connectivity index is 1.65. The number of aliphatic hydroxyl groups is 1. The van der Waals surface area contributed by atoms with Crippen molar-refractivity contribution in [3.8, 4) is 11.3 Å². The summed E-state index contributed by atoms with van der Waals surface area (Å²) in [7, 11) is 0. The Morgan fingerprint density at radius 2 is 2.17 bits per heavy atom. The molecule has 1 amide bonds. The highest BCUT2D eigenvalue weighted by Crippen LogP contribution is 2.44. The number of cyclic esters (lactones) is 1. The Kier molecular flexibility index (Phi) is 5.07. The van der Waals surface area contributed by atoms with Gasteiger partial charge in [0.25, 0.3) is 0 Å². The number of carbonyl (C=O) groups is 1. The minimum Gasteiger partial charge on any atom is -0.440 e. The van der Waals surface area contributed by atoms with E-state index in [2.05, 4.69) is 21.2 Å². The first-order valence-electron chi connectivity index (χ1n) is 9.82. The van der Waals surface area contributed by atoms with Crippen LogP contribution in [0.2, 0.25) is 0 Å². The van der Waals surface area contributed by atoms with Crippen LogP contribution in [0.4, 0.5) is 10.6 Å². The maximum Gasteiger partial charge on any atom is 0.410 e. The van der Waals surface area contributed by atoms with Gasteiger partial charge in [-0.2, -0.15) is 0 Å².